The zero-order chi connectivity index (χ0) is 32.2. The zero-order valence-electron chi connectivity index (χ0n) is 25.4. The molecule has 0 spiro atoms. The summed E-state index contributed by atoms with van der Waals surface area (Å²) in [5.74, 6) is 0.374. The van der Waals surface area contributed by atoms with Gasteiger partial charge in [0.05, 0.1) is 11.9 Å². The SMILES string of the molecule is CCCCNC(=O)C(Cc1ccccc1)N(Cc1cccc(Br)c1)C(=O)CN(c1ccc(Oc2ccccc2)cc1)S(C)(=O)=O. The first kappa shape index (κ1) is 33.7. The van der Waals surface area contributed by atoms with Gasteiger partial charge < -0.3 is 15.0 Å². The van der Waals surface area contributed by atoms with Crippen molar-refractivity contribution in [2.24, 2.45) is 0 Å². The number of hydrogen-bond acceptors (Lipinski definition) is 5. The quantitative estimate of drug-likeness (QED) is 0.142. The van der Waals surface area contributed by atoms with Gasteiger partial charge in [0.25, 0.3) is 0 Å². The molecular formula is C35H38BrN3O5S. The first-order valence-electron chi connectivity index (χ1n) is 14.8. The number of unbranched alkanes of at least 4 members (excludes halogenated alkanes) is 1. The normalized spacial score (nSPS) is 11.8. The summed E-state index contributed by atoms with van der Waals surface area (Å²) in [7, 11) is -3.88. The maximum atomic E-state index is 14.2. The fourth-order valence-corrected chi connectivity index (χ4v) is 6.11. The predicted octanol–water partition coefficient (Wildman–Crippen LogP) is 6.56. The van der Waals surface area contributed by atoms with Gasteiger partial charge >= 0.3 is 0 Å². The fourth-order valence-electron chi connectivity index (χ4n) is 4.81. The maximum absolute atomic E-state index is 14.2. The third-order valence-corrected chi connectivity index (χ3v) is 8.76. The second-order valence-corrected chi connectivity index (χ2v) is 13.5. The van der Waals surface area contributed by atoms with Crippen LogP contribution in [0.3, 0.4) is 0 Å². The Kier molecular flexibility index (Phi) is 12.2. The minimum absolute atomic E-state index is 0.110. The number of nitrogens with zero attached hydrogens (tertiary/aromatic N) is 2. The summed E-state index contributed by atoms with van der Waals surface area (Å²) in [5, 5.41) is 2.99. The van der Waals surface area contributed by atoms with Crippen LogP contribution in [0.15, 0.2) is 114 Å². The van der Waals surface area contributed by atoms with Crippen molar-refractivity contribution in [3.63, 3.8) is 0 Å². The van der Waals surface area contributed by atoms with E-state index >= 15 is 0 Å². The molecule has 8 nitrogen and oxygen atoms in total. The van der Waals surface area contributed by atoms with E-state index in [1.807, 2.05) is 91.9 Å². The minimum atomic E-state index is -3.88. The number of rotatable bonds is 15. The summed E-state index contributed by atoms with van der Waals surface area (Å²) in [6, 6.07) is 31.9. The molecule has 0 bridgehead atoms. The van der Waals surface area contributed by atoms with Gasteiger partial charge in [-0.1, -0.05) is 89.9 Å². The molecule has 0 aliphatic rings. The van der Waals surface area contributed by atoms with Crippen LogP contribution in [0.4, 0.5) is 5.69 Å². The zero-order valence-corrected chi connectivity index (χ0v) is 27.8. The molecule has 45 heavy (non-hydrogen) atoms. The second kappa shape index (κ2) is 16.2. The number of hydrogen-bond donors (Lipinski definition) is 1. The molecule has 0 heterocycles. The van der Waals surface area contributed by atoms with Crippen LogP contribution in [0.5, 0.6) is 11.5 Å². The number of carbonyl (C=O) groups excluding carboxylic acids is 2. The van der Waals surface area contributed by atoms with Crippen LogP contribution >= 0.6 is 15.9 Å². The average molecular weight is 693 g/mol. The molecule has 0 aliphatic carbocycles. The summed E-state index contributed by atoms with van der Waals surface area (Å²) in [6.07, 6.45) is 3.03. The molecule has 1 N–H and O–H groups in total. The molecule has 4 rings (SSSR count). The lowest BCUT2D eigenvalue weighted by molar-refractivity contribution is -0.140. The number of benzene rings is 4. The van der Waals surface area contributed by atoms with Gasteiger partial charge in [0.15, 0.2) is 0 Å². The third-order valence-electron chi connectivity index (χ3n) is 7.13. The number of anilines is 1. The topological polar surface area (TPSA) is 96.0 Å². The van der Waals surface area contributed by atoms with Crippen molar-refractivity contribution in [2.45, 2.75) is 38.8 Å². The van der Waals surface area contributed by atoms with Gasteiger partial charge in [-0.15, -0.1) is 0 Å². The molecule has 4 aromatic carbocycles. The highest BCUT2D eigenvalue weighted by Crippen LogP contribution is 2.26. The van der Waals surface area contributed by atoms with Crippen molar-refractivity contribution < 1.29 is 22.7 Å². The summed E-state index contributed by atoms with van der Waals surface area (Å²) < 4.78 is 33.9. The molecule has 236 valence electrons. The average Bonchev–Trinajstić information content (AvgIpc) is 3.02. The standard InChI is InChI=1S/C35H38BrN3O5S/c1-3-4-22-37-35(41)33(24-27-12-7-5-8-13-27)38(25-28-14-11-15-29(36)23-28)34(40)26-39(45(2,42)43)30-18-20-32(21-19-30)44-31-16-9-6-10-17-31/h5-21,23,33H,3-4,22,24-26H2,1-2H3,(H,37,41). The number of nitrogens with one attached hydrogen (secondary N) is 1. The van der Waals surface area contributed by atoms with Gasteiger partial charge in [-0.2, -0.15) is 0 Å². The Hall–Kier alpha value is -4.15. The van der Waals surface area contributed by atoms with E-state index in [-0.39, 0.29) is 18.9 Å². The lowest BCUT2D eigenvalue weighted by atomic mass is 10.0. The van der Waals surface area contributed by atoms with E-state index in [2.05, 4.69) is 21.2 Å². The highest BCUT2D eigenvalue weighted by atomic mass is 79.9. The molecule has 4 aromatic rings. The van der Waals surface area contributed by atoms with Crippen molar-refractivity contribution in [3.8, 4) is 11.5 Å². The fraction of sp³-hybridized carbons (Fsp3) is 0.257. The summed E-state index contributed by atoms with van der Waals surface area (Å²) >= 11 is 3.49. The van der Waals surface area contributed by atoms with E-state index in [0.717, 1.165) is 39.0 Å². The smallest absolute Gasteiger partial charge is 0.244 e. The van der Waals surface area contributed by atoms with Gasteiger partial charge in [-0.3, -0.25) is 13.9 Å². The molecule has 1 unspecified atom stereocenters. The molecule has 1 atom stereocenters. The highest BCUT2D eigenvalue weighted by Gasteiger charge is 2.33. The summed E-state index contributed by atoms with van der Waals surface area (Å²) in [5.41, 5.74) is 1.99. The first-order valence-corrected chi connectivity index (χ1v) is 17.4. The van der Waals surface area contributed by atoms with Crippen molar-refractivity contribution >= 4 is 43.5 Å². The Morgan fingerprint density at radius 2 is 1.47 bits per heavy atom. The van der Waals surface area contributed by atoms with Crippen molar-refractivity contribution in [1.82, 2.24) is 10.2 Å². The molecule has 0 saturated carbocycles. The first-order chi connectivity index (χ1) is 21.6. The van der Waals surface area contributed by atoms with Gasteiger partial charge in [0, 0.05) is 24.0 Å². The third kappa shape index (κ3) is 10.2. The number of amides is 2. The molecule has 0 radical (unpaired) electrons. The highest BCUT2D eigenvalue weighted by molar-refractivity contribution is 9.10. The largest absolute Gasteiger partial charge is 0.457 e. The molecule has 0 saturated heterocycles. The van der Waals surface area contributed by atoms with Gasteiger partial charge in [-0.25, -0.2) is 8.42 Å². The molecule has 10 heteroatoms. The monoisotopic (exact) mass is 691 g/mol. The van der Waals surface area contributed by atoms with Crippen LogP contribution in [-0.2, 0) is 32.6 Å². The number of halogens is 1. The number of para-hydroxylation sites is 1. The van der Waals surface area contributed by atoms with E-state index in [0.29, 0.717) is 23.7 Å². The van der Waals surface area contributed by atoms with Crippen LogP contribution in [0.1, 0.15) is 30.9 Å². The number of ether oxygens (including phenoxy) is 1. The number of carbonyl (C=O) groups is 2. The lowest BCUT2D eigenvalue weighted by Crippen LogP contribution is -2.53. The Morgan fingerprint density at radius 1 is 0.844 bits per heavy atom. The maximum Gasteiger partial charge on any atom is 0.244 e. The Morgan fingerprint density at radius 3 is 2.09 bits per heavy atom. The van der Waals surface area contributed by atoms with Crippen LogP contribution in [0.25, 0.3) is 0 Å². The second-order valence-electron chi connectivity index (χ2n) is 10.7. The molecule has 2 amide bonds. The lowest BCUT2D eigenvalue weighted by Gasteiger charge is -2.33. The van der Waals surface area contributed by atoms with Gasteiger partial charge in [0.2, 0.25) is 21.8 Å². The Labute approximate surface area is 274 Å². The van der Waals surface area contributed by atoms with Crippen LogP contribution in [0, 0.1) is 0 Å². The van der Waals surface area contributed by atoms with Gasteiger partial charge in [-0.05, 0) is 66.1 Å². The van der Waals surface area contributed by atoms with Crippen LogP contribution in [0.2, 0.25) is 0 Å². The number of sulfonamides is 1. The molecule has 0 aromatic heterocycles. The molecule has 0 fully saturated rings. The molecular weight excluding hydrogens is 654 g/mol. The Bertz CT molecular complexity index is 1650. The summed E-state index contributed by atoms with van der Waals surface area (Å²) in [6.45, 7) is 2.14. The van der Waals surface area contributed by atoms with Crippen molar-refractivity contribution in [1.29, 1.82) is 0 Å². The van der Waals surface area contributed by atoms with E-state index < -0.39 is 28.5 Å². The van der Waals surface area contributed by atoms with E-state index in [1.165, 1.54) is 4.90 Å². The van der Waals surface area contributed by atoms with Gasteiger partial charge in [0.1, 0.15) is 24.1 Å². The van der Waals surface area contributed by atoms with Crippen LogP contribution < -0.4 is 14.4 Å². The van der Waals surface area contributed by atoms with Crippen molar-refractivity contribution in [3.05, 3.63) is 125 Å². The van der Waals surface area contributed by atoms with E-state index in [9.17, 15) is 18.0 Å². The predicted molar refractivity (Wildman–Crippen MR) is 182 cm³/mol. The molecule has 0 aliphatic heterocycles. The van der Waals surface area contributed by atoms with Crippen LogP contribution in [-0.4, -0.2) is 50.5 Å². The van der Waals surface area contributed by atoms with Crippen molar-refractivity contribution in [2.75, 3.05) is 23.7 Å². The van der Waals surface area contributed by atoms with E-state index in [4.69, 9.17) is 4.74 Å². The summed E-state index contributed by atoms with van der Waals surface area (Å²) in [4.78, 5) is 29.4. The Balaban J connectivity index is 1.66. The minimum Gasteiger partial charge on any atom is -0.457 e. The van der Waals surface area contributed by atoms with E-state index in [1.54, 1.807) is 24.3 Å².